The highest BCUT2D eigenvalue weighted by Crippen LogP contribution is 2.40. The predicted molar refractivity (Wildman–Crippen MR) is 137 cm³/mol. The first kappa shape index (κ1) is 25.1. The number of aromatic hydroxyl groups is 1. The standard InChI is InChI=1S/C25H20ClN3O6S/c1-14-21(26)12-17(13-22(14)36(32,33)34)28-29-23-19-9-4-3-6-15(19)10-20(24(23)30)25(31)27-16-7-5-8-18(11-16)35-2/h3-13,30H,1-2H3,(H,27,31)(H,32,33,34). The van der Waals surface area contributed by atoms with Crippen molar-refractivity contribution in [2.45, 2.75) is 11.8 Å². The third kappa shape index (κ3) is 5.15. The van der Waals surface area contributed by atoms with Crippen LogP contribution in [0.1, 0.15) is 15.9 Å². The first-order valence-electron chi connectivity index (χ1n) is 10.5. The van der Waals surface area contributed by atoms with E-state index in [-0.39, 0.29) is 27.5 Å². The maximum Gasteiger partial charge on any atom is 0.294 e. The van der Waals surface area contributed by atoms with Crippen molar-refractivity contribution in [2.75, 3.05) is 12.4 Å². The lowest BCUT2D eigenvalue weighted by molar-refractivity contribution is 0.102. The number of halogens is 1. The highest BCUT2D eigenvalue weighted by atomic mass is 35.5. The number of hydrogen-bond acceptors (Lipinski definition) is 7. The minimum atomic E-state index is -4.55. The van der Waals surface area contributed by atoms with Crippen molar-refractivity contribution < 1.29 is 27.6 Å². The molecule has 9 nitrogen and oxygen atoms in total. The molecule has 0 aromatic heterocycles. The number of carbonyl (C=O) groups excluding carboxylic acids is 1. The van der Waals surface area contributed by atoms with Gasteiger partial charge in [-0.1, -0.05) is 41.9 Å². The molecule has 0 atom stereocenters. The number of anilines is 1. The summed E-state index contributed by atoms with van der Waals surface area (Å²) in [6, 6.07) is 17.7. The van der Waals surface area contributed by atoms with Crippen molar-refractivity contribution in [3.8, 4) is 11.5 Å². The molecular weight excluding hydrogens is 506 g/mol. The molecule has 0 spiro atoms. The molecule has 11 heteroatoms. The maximum absolute atomic E-state index is 13.0. The topological polar surface area (TPSA) is 138 Å². The van der Waals surface area contributed by atoms with Gasteiger partial charge in [-0.2, -0.15) is 13.5 Å². The number of ether oxygens (including phenoxy) is 1. The first-order chi connectivity index (χ1) is 17.1. The molecule has 0 unspecified atom stereocenters. The van der Waals surface area contributed by atoms with Crippen LogP contribution in [0.15, 0.2) is 81.9 Å². The number of nitrogens with zero attached hydrogens (tertiary/aromatic N) is 2. The quantitative estimate of drug-likeness (QED) is 0.196. The minimum Gasteiger partial charge on any atom is -0.505 e. The average Bonchev–Trinajstić information content (AvgIpc) is 2.84. The van der Waals surface area contributed by atoms with E-state index in [1.165, 1.54) is 26.2 Å². The van der Waals surface area contributed by atoms with Gasteiger partial charge in [0, 0.05) is 22.2 Å². The summed E-state index contributed by atoms with van der Waals surface area (Å²) in [5.41, 5.74) is 0.581. The molecule has 0 saturated heterocycles. The van der Waals surface area contributed by atoms with E-state index in [0.717, 1.165) is 6.07 Å². The molecule has 4 aromatic rings. The zero-order valence-corrected chi connectivity index (χ0v) is 20.6. The number of fused-ring (bicyclic) bond motifs is 1. The molecule has 36 heavy (non-hydrogen) atoms. The number of rotatable bonds is 6. The van der Waals surface area contributed by atoms with E-state index in [9.17, 15) is 22.9 Å². The van der Waals surface area contributed by atoms with Crippen molar-refractivity contribution in [3.05, 3.63) is 82.9 Å². The van der Waals surface area contributed by atoms with Crippen LogP contribution in [0.3, 0.4) is 0 Å². The summed E-state index contributed by atoms with van der Waals surface area (Å²) in [7, 11) is -3.05. The van der Waals surface area contributed by atoms with Gasteiger partial charge in [0.05, 0.1) is 18.4 Å². The number of nitrogens with one attached hydrogen (secondary N) is 1. The molecule has 0 aliphatic carbocycles. The Morgan fingerprint density at radius 1 is 1.03 bits per heavy atom. The van der Waals surface area contributed by atoms with Crippen LogP contribution in [0.2, 0.25) is 5.02 Å². The van der Waals surface area contributed by atoms with Crippen molar-refractivity contribution in [2.24, 2.45) is 10.2 Å². The molecular formula is C25H20ClN3O6S. The van der Waals surface area contributed by atoms with Crippen LogP contribution in [0.5, 0.6) is 11.5 Å². The Morgan fingerprint density at radius 2 is 1.78 bits per heavy atom. The van der Waals surface area contributed by atoms with Gasteiger partial charge in [0.15, 0.2) is 5.75 Å². The largest absolute Gasteiger partial charge is 0.505 e. The van der Waals surface area contributed by atoms with E-state index in [1.807, 2.05) is 0 Å². The van der Waals surface area contributed by atoms with Crippen LogP contribution in [0.25, 0.3) is 10.8 Å². The Morgan fingerprint density at radius 3 is 2.50 bits per heavy atom. The zero-order valence-electron chi connectivity index (χ0n) is 19.1. The fourth-order valence-electron chi connectivity index (χ4n) is 3.56. The average molecular weight is 526 g/mol. The van der Waals surface area contributed by atoms with E-state index in [0.29, 0.717) is 22.2 Å². The summed E-state index contributed by atoms with van der Waals surface area (Å²) in [5.74, 6) is -0.466. The van der Waals surface area contributed by atoms with Gasteiger partial charge in [-0.15, -0.1) is 5.11 Å². The summed E-state index contributed by atoms with van der Waals surface area (Å²) in [6.45, 7) is 1.44. The third-order valence-electron chi connectivity index (χ3n) is 5.39. The number of phenolic OH excluding ortho intramolecular Hbond substituents is 1. The Kier molecular flexibility index (Phi) is 6.93. The second-order valence-electron chi connectivity index (χ2n) is 7.75. The van der Waals surface area contributed by atoms with E-state index in [1.54, 1.807) is 48.5 Å². The fourth-order valence-corrected chi connectivity index (χ4v) is 4.60. The second kappa shape index (κ2) is 9.94. The summed E-state index contributed by atoms with van der Waals surface area (Å²) < 4.78 is 38.1. The predicted octanol–water partition coefficient (Wildman–Crippen LogP) is 6.43. The third-order valence-corrected chi connectivity index (χ3v) is 6.76. The van der Waals surface area contributed by atoms with Crippen molar-refractivity contribution >= 4 is 55.5 Å². The van der Waals surface area contributed by atoms with Gasteiger partial charge < -0.3 is 15.2 Å². The molecule has 0 aliphatic heterocycles. The molecule has 4 aromatic carbocycles. The number of benzene rings is 4. The SMILES string of the molecule is COc1cccc(NC(=O)c2cc3ccccc3c(N=Nc3cc(Cl)c(C)c(S(=O)(=O)O)c3)c2O)c1. The summed E-state index contributed by atoms with van der Waals surface area (Å²) in [4.78, 5) is 12.6. The molecule has 0 saturated carbocycles. The van der Waals surface area contributed by atoms with Gasteiger partial charge >= 0.3 is 0 Å². The molecule has 0 aliphatic rings. The van der Waals surface area contributed by atoms with E-state index in [4.69, 9.17) is 16.3 Å². The van der Waals surface area contributed by atoms with Crippen molar-refractivity contribution in [1.29, 1.82) is 0 Å². The Labute approximate surface area is 211 Å². The van der Waals surface area contributed by atoms with Crippen LogP contribution < -0.4 is 10.1 Å². The molecule has 3 N–H and O–H groups in total. The van der Waals surface area contributed by atoms with Crippen LogP contribution in [-0.2, 0) is 10.1 Å². The number of azo groups is 1. The molecule has 0 fully saturated rings. The summed E-state index contributed by atoms with van der Waals surface area (Å²) >= 11 is 6.11. The summed E-state index contributed by atoms with van der Waals surface area (Å²) in [6.07, 6.45) is 0. The highest BCUT2D eigenvalue weighted by molar-refractivity contribution is 7.85. The lowest BCUT2D eigenvalue weighted by Crippen LogP contribution is -2.12. The molecule has 4 rings (SSSR count). The van der Waals surface area contributed by atoms with Gasteiger partial charge in [0.1, 0.15) is 16.3 Å². The van der Waals surface area contributed by atoms with Gasteiger partial charge in [0.25, 0.3) is 16.0 Å². The second-order valence-corrected chi connectivity index (χ2v) is 9.55. The van der Waals surface area contributed by atoms with Gasteiger partial charge in [-0.3, -0.25) is 9.35 Å². The monoisotopic (exact) mass is 525 g/mol. The maximum atomic E-state index is 13.0. The van der Waals surface area contributed by atoms with Crippen LogP contribution >= 0.6 is 11.6 Å². The van der Waals surface area contributed by atoms with Crippen molar-refractivity contribution in [1.82, 2.24) is 0 Å². The minimum absolute atomic E-state index is 0.00556. The lowest BCUT2D eigenvalue weighted by Gasteiger charge is -2.12. The Hall–Kier alpha value is -3.99. The summed E-state index contributed by atoms with van der Waals surface area (Å²) in [5, 5.41) is 23.0. The normalized spacial score (nSPS) is 11.7. The highest BCUT2D eigenvalue weighted by Gasteiger charge is 2.20. The number of carbonyl (C=O) groups is 1. The molecule has 184 valence electrons. The Bertz CT molecular complexity index is 1640. The molecule has 0 heterocycles. The van der Waals surface area contributed by atoms with E-state index >= 15 is 0 Å². The van der Waals surface area contributed by atoms with Gasteiger partial charge in [-0.25, -0.2) is 0 Å². The molecule has 1 amide bonds. The first-order valence-corrected chi connectivity index (χ1v) is 12.3. The van der Waals surface area contributed by atoms with Crippen LogP contribution in [0.4, 0.5) is 17.1 Å². The van der Waals surface area contributed by atoms with Crippen LogP contribution in [0, 0.1) is 6.92 Å². The van der Waals surface area contributed by atoms with E-state index < -0.39 is 26.7 Å². The van der Waals surface area contributed by atoms with Gasteiger partial charge in [-0.05, 0) is 48.2 Å². The number of methoxy groups -OCH3 is 1. The number of hydrogen-bond donors (Lipinski definition) is 3. The van der Waals surface area contributed by atoms with E-state index in [2.05, 4.69) is 15.5 Å². The lowest BCUT2D eigenvalue weighted by atomic mass is 10.0. The number of amides is 1. The smallest absolute Gasteiger partial charge is 0.294 e. The molecule has 0 radical (unpaired) electrons. The fraction of sp³-hybridized carbons (Fsp3) is 0.0800. The molecule has 0 bridgehead atoms. The zero-order chi connectivity index (χ0) is 26.0. The van der Waals surface area contributed by atoms with Crippen LogP contribution in [-0.4, -0.2) is 31.1 Å². The number of phenols is 1. The Balaban J connectivity index is 1.79. The van der Waals surface area contributed by atoms with Gasteiger partial charge in [0.2, 0.25) is 0 Å². The van der Waals surface area contributed by atoms with Crippen molar-refractivity contribution in [3.63, 3.8) is 0 Å².